The number of benzene rings is 1. The Bertz CT molecular complexity index is 1370. The van der Waals surface area contributed by atoms with Gasteiger partial charge in [0.05, 0.1) is 11.6 Å². The lowest BCUT2D eigenvalue weighted by molar-refractivity contribution is 0.119. The van der Waals surface area contributed by atoms with Gasteiger partial charge in [-0.1, -0.05) is 19.9 Å². The van der Waals surface area contributed by atoms with Crippen molar-refractivity contribution < 1.29 is 0 Å². The van der Waals surface area contributed by atoms with Crippen molar-refractivity contribution in [2.45, 2.75) is 73.1 Å². The van der Waals surface area contributed by atoms with Crippen molar-refractivity contribution in [2.75, 3.05) is 0 Å². The van der Waals surface area contributed by atoms with Crippen LogP contribution in [0.25, 0.3) is 10.9 Å². The van der Waals surface area contributed by atoms with Crippen molar-refractivity contribution in [1.29, 1.82) is 0 Å². The first-order chi connectivity index (χ1) is 16.5. The van der Waals surface area contributed by atoms with E-state index in [9.17, 15) is 4.79 Å². The highest BCUT2D eigenvalue weighted by atomic mass is 16.1. The summed E-state index contributed by atoms with van der Waals surface area (Å²) in [4.78, 5) is 22.9. The monoisotopic (exact) mass is 473 g/mol. The maximum atomic E-state index is 13.2. The minimum absolute atomic E-state index is 0.0742. The predicted octanol–water partition coefficient (Wildman–Crippen LogP) is 4.68. The average molecular weight is 474 g/mol. The number of aromatic amines is 1. The standard InChI is InChI=1S/C27H35N7O/c1-17(2)24(25-30-31-32-34(25)27(5,6)7)33(15-20-9-8-10-28-14-20)16-22-13-21-11-18(3)19(4)12-23(21)29-26(22)35/h8-14,17,24H,15-16H2,1-7H3,(H,29,35)/t24-/m1/s1. The Morgan fingerprint density at radius 1 is 1.09 bits per heavy atom. The Morgan fingerprint density at radius 2 is 1.83 bits per heavy atom. The van der Waals surface area contributed by atoms with Crippen molar-refractivity contribution in [3.63, 3.8) is 0 Å². The van der Waals surface area contributed by atoms with E-state index in [-0.39, 0.29) is 23.1 Å². The number of pyridine rings is 2. The van der Waals surface area contributed by atoms with Gasteiger partial charge in [0.15, 0.2) is 5.82 Å². The Balaban J connectivity index is 1.81. The molecule has 0 saturated heterocycles. The summed E-state index contributed by atoms with van der Waals surface area (Å²) in [6, 6.07) is 10.1. The van der Waals surface area contributed by atoms with Crippen molar-refractivity contribution in [1.82, 2.24) is 35.1 Å². The van der Waals surface area contributed by atoms with Gasteiger partial charge in [0.1, 0.15) is 0 Å². The first-order valence-corrected chi connectivity index (χ1v) is 12.1. The largest absolute Gasteiger partial charge is 0.322 e. The summed E-state index contributed by atoms with van der Waals surface area (Å²) in [5.41, 5.74) is 4.65. The van der Waals surface area contributed by atoms with Crippen molar-refractivity contribution in [3.05, 3.63) is 81.2 Å². The third-order valence-corrected chi connectivity index (χ3v) is 6.44. The Labute approximate surface area is 206 Å². The van der Waals surface area contributed by atoms with Crippen LogP contribution in [0.1, 0.15) is 68.7 Å². The van der Waals surface area contributed by atoms with Crippen LogP contribution in [0.4, 0.5) is 0 Å². The lowest BCUT2D eigenvalue weighted by atomic mass is 9.98. The molecular weight excluding hydrogens is 438 g/mol. The minimum Gasteiger partial charge on any atom is -0.322 e. The number of hydrogen-bond acceptors (Lipinski definition) is 6. The minimum atomic E-state index is -0.276. The summed E-state index contributed by atoms with van der Waals surface area (Å²) in [7, 11) is 0. The number of aromatic nitrogens is 6. The second-order valence-corrected chi connectivity index (χ2v) is 10.7. The zero-order chi connectivity index (χ0) is 25.3. The molecule has 0 bridgehead atoms. The van der Waals surface area contributed by atoms with E-state index in [4.69, 9.17) is 0 Å². The fraction of sp³-hybridized carbons (Fsp3) is 0.444. The molecule has 0 spiro atoms. The third-order valence-electron chi connectivity index (χ3n) is 6.44. The lowest BCUT2D eigenvalue weighted by Gasteiger charge is -2.35. The number of rotatable bonds is 7. The van der Waals surface area contributed by atoms with E-state index in [1.54, 1.807) is 6.20 Å². The number of tetrazole rings is 1. The van der Waals surface area contributed by atoms with Crippen LogP contribution in [-0.4, -0.2) is 35.1 Å². The van der Waals surface area contributed by atoms with Crippen molar-refractivity contribution in [2.24, 2.45) is 5.92 Å². The molecule has 0 fully saturated rings. The van der Waals surface area contributed by atoms with E-state index >= 15 is 0 Å². The van der Waals surface area contributed by atoms with Crippen LogP contribution >= 0.6 is 0 Å². The highest BCUT2D eigenvalue weighted by molar-refractivity contribution is 5.80. The number of fused-ring (bicyclic) bond motifs is 1. The SMILES string of the molecule is Cc1cc2cc(CN(Cc3cccnc3)[C@@H](c3nnnn3C(C)(C)C)C(C)C)c(=O)[nH]c2cc1C. The summed E-state index contributed by atoms with van der Waals surface area (Å²) in [6.45, 7) is 15.8. The zero-order valence-corrected chi connectivity index (χ0v) is 21.7. The van der Waals surface area contributed by atoms with Crippen LogP contribution in [0.15, 0.2) is 47.5 Å². The fourth-order valence-electron chi connectivity index (χ4n) is 4.58. The van der Waals surface area contributed by atoms with Gasteiger partial charge in [-0.3, -0.25) is 14.7 Å². The normalized spacial score (nSPS) is 13.2. The number of H-pyrrole nitrogens is 1. The van der Waals surface area contributed by atoms with Gasteiger partial charge in [0.25, 0.3) is 5.56 Å². The van der Waals surface area contributed by atoms with Crippen molar-refractivity contribution >= 4 is 10.9 Å². The molecule has 3 heterocycles. The second kappa shape index (κ2) is 9.70. The molecule has 0 saturated carbocycles. The molecule has 0 amide bonds. The maximum absolute atomic E-state index is 13.2. The topological polar surface area (TPSA) is 92.6 Å². The number of hydrogen-bond donors (Lipinski definition) is 1. The van der Waals surface area contributed by atoms with Gasteiger partial charge in [-0.05, 0) is 97.3 Å². The van der Waals surface area contributed by atoms with Crippen LogP contribution in [-0.2, 0) is 18.6 Å². The predicted molar refractivity (Wildman–Crippen MR) is 138 cm³/mol. The molecule has 3 aromatic heterocycles. The molecule has 0 aliphatic rings. The zero-order valence-electron chi connectivity index (χ0n) is 21.7. The first kappa shape index (κ1) is 24.7. The second-order valence-electron chi connectivity index (χ2n) is 10.7. The molecule has 1 aromatic carbocycles. The molecule has 8 heteroatoms. The van der Waals surface area contributed by atoms with Gasteiger partial charge in [-0.15, -0.1) is 5.10 Å². The molecule has 0 aliphatic heterocycles. The molecule has 1 N–H and O–H groups in total. The van der Waals surface area contributed by atoms with E-state index in [1.807, 2.05) is 29.1 Å². The number of nitrogens with zero attached hydrogens (tertiary/aromatic N) is 6. The fourth-order valence-corrected chi connectivity index (χ4v) is 4.58. The third kappa shape index (κ3) is 5.32. The quantitative estimate of drug-likeness (QED) is 0.419. The lowest BCUT2D eigenvalue weighted by Crippen LogP contribution is -2.37. The van der Waals surface area contributed by atoms with Crippen LogP contribution in [0.3, 0.4) is 0 Å². The van der Waals surface area contributed by atoms with Gasteiger partial charge >= 0.3 is 0 Å². The summed E-state index contributed by atoms with van der Waals surface area (Å²) in [5.74, 6) is 0.989. The molecule has 0 radical (unpaired) electrons. The first-order valence-electron chi connectivity index (χ1n) is 12.1. The van der Waals surface area contributed by atoms with Crippen LogP contribution < -0.4 is 5.56 Å². The van der Waals surface area contributed by atoms with Gasteiger partial charge in [0, 0.05) is 36.6 Å². The number of aryl methyl sites for hydroxylation is 2. The molecular formula is C27H35N7O. The van der Waals surface area contributed by atoms with E-state index < -0.39 is 0 Å². The maximum Gasteiger partial charge on any atom is 0.252 e. The van der Waals surface area contributed by atoms with E-state index in [0.717, 1.165) is 27.9 Å². The smallest absolute Gasteiger partial charge is 0.252 e. The Kier molecular flexibility index (Phi) is 6.85. The summed E-state index contributed by atoms with van der Waals surface area (Å²) < 4.78 is 1.89. The summed E-state index contributed by atoms with van der Waals surface area (Å²) in [6.07, 6.45) is 3.64. The Hall–Kier alpha value is -3.39. The van der Waals surface area contributed by atoms with E-state index in [1.165, 1.54) is 5.56 Å². The molecule has 0 unspecified atom stereocenters. The molecule has 0 aliphatic carbocycles. The van der Waals surface area contributed by atoms with Gasteiger partial charge < -0.3 is 4.98 Å². The number of nitrogens with one attached hydrogen (secondary N) is 1. The molecule has 35 heavy (non-hydrogen) atoms. The summed E-state index contributed by atoms with van der Waals surface area (Å²) >= 11 is 0. The average Bonchev–Trinajstić information content (AvgIpc) is 3.26. The van der Waals surface area contributed by atoms with Gasteiger partial charge in [-0.2, -0.15) is 0 Å². The van der Waals surface area contributed by atoms with Crippen LogP contribution in [0.5, 0.6) is 0 Å². The highest BCUT2D eigenvalue weighted by Gasteiger charge is 2.33. The van der Waals surface area contributed by atoms with Crippen molar-refractivity contribution in [3.8, 4) is 0 Å². The molecule has 8 nitrogen and oxygen atoms in total. The van der Waals surface area contributed by atoms with Crippen LogP contribution in [0.2, 0.25) is 0 Å². The molecule has 4 aromatic rings. The van der Waals surface area contributed by atoms with E-state index in [2.05, 4.69) is 91.0 Å². The molecule has 184 valence electrons. The van der Waals surface area contributed by atoms with E-state index in [0.29, 0.717) is 18.7 Å². The Morgan fingerprint density at radius 3 is 2.49 bits per heavy atom. The van der Waals surface area contributed by atoms with Crippen LogP contribution in [0, 0.1) is 19.8 Å². The molecule has 1 atom stereocenters. The van der Waals surface area contributed by atoms with Gasteiger partial charge in [-0.25, -0.2) is 4.68 Å². The summed E-state index contributed by atoms with van der Waals surface area (Å²) in [5, 5.41) is 13.8. The molecule has 4 rings (SSSR count). The van der Waals surface area contributed by atoms with Gasteiger partial charge in [0.2, 0.25) is 0 Å². The highest BCUT2D eigenvalue weighted by Crippen LogP contribution is 2.32.